The second kappa shape index (κ2) is 13.4. The van der Waals surface area contributed by atoms with Crippen molar-refractivity contribution in [1.29, 1.82) is 0 Å². The summed E-state index contributed by atoms with van der Waals surface area (Å²) in [6.07, 6.45) is 0. The number of rotatable bonds is 6. The third-order valence-corrected chi connectivity index (χ3v) is 10.5. The van der Waals surface area contributed by atoms with Crippen molar-refractivity contribution in [2.75, 3.05) is 4.90 Å². The smallest absolute Gasteiger partial charge is 0.137 e. The first kappa shape index (κ1) is 31.6. The predicted octanol–water partition coefficient (Wildman–Crippen LogP) is 14.8. The van der Waals surface area contributed by atoms with Crippen LogP contribution in [0.15, 0.2) is 212 Å². The lowest BCUT2D eigenvalue weighted by Crippen LogP contribution is -2.11. The summed E-state index contributed by atoms with van der Waals surface area (Å²) in [4.78, 5) is 2.35. The van der Waals surface area contributed by atoms with E-state index in [1.54, 1.807) is 0 Å². The van der Waals surface area contributed by atoms with E-state index in [1.165, 1.54) is 27.5 Å². The molecule has 0 aliphatic carbocycles. The maximum Gasteiger partial charge on any atom is 0.137 e. The molecule has 0 unspecified atom stereocenters. The molecule has 2 heteroatoms. The Labute approximate surface area is 315 Å². The minimum Gasteiger partial charge on any atom is -0.456 e. The van der Waals surface area contributed by atoms with Gasteiger partial charge in [-0.3, -0.25) is 0 Å². The first-order valence-corrected chi connectivity index (χ1v) is 18.4. The van der Waals surface area contributed by atoms with E-state index < -0.39 is 0 Å². The molecule has 2 nitrogen and oxygen atoms in total. The summed E-state index contributed by atoms with van der Waals surface area (Å²) in [5, 5.41) is 2.40. The van der Waals surface area contributed by atoms with Crippen LogP contribution >= 0.6 is 0 Å². The summed E-state index contributed by atoms with van der Waals surface area (Å²) < 4.78 is 7.03. The molecule has 1 aliphatic heterocycles. The molecule has 0 N–H and O–H groups in total. The van der Waals surface area contributed by atoms with Gasteiger partial charge in [-0.25, -0.2) is 0 Å². The SMILES string of the molecule is c1ccc(-c2ccc(N(c3ccc4c(c3)Oc3ccc(-c5ccccc5)cc3-c3cc5ccccc5cc3-4)c3ccccc3-c3ccccc3)cc2)cc1. The number of hydrogen-bond acceptors (Lipinski definition) is 2. The Morgan fingerprint density at radius 1 is 0.278 bits per heavy atom. The Balaban J connectivity index is 1.17. The number of ether oxygens (including phenoxy) is 1. The van der Waals surface area contributed by atoms with Crippen LogP contribution in [0, 0.1) is 0 Å². The number of hydrogen-bond donors (Lipinski definition) is 0. The highest BCUT2D eigenvalue weighted by Gasteiger charge is 2.25. The Kier molecular flexibility index (Phi) is 7.85. The molecule has 0 aromatic heterocycles. The molecule has 9 aromatic carbocycles. The fraction of sp³-hybridized carbons (Fsp3) is 0. The zero-order valence-electron chi connectivity index (χ0n) is 29.6. The molecule has 0 radical (unpaired) electrons. The van der Waals surface area contributed by atoms with Crippen molar-refractivity contribution in [1.82, 2.24) is 0 Å². The average molecular weight is 690 g/mol. The maximum absolute atomic E-state index is 7.03. The van der Waals surface area contributed by atoms with E-state index in [1.807, 2.05) is 0 Å². The third kappa shape index (κ3) is 5.71. The van der Waals surface area contributed by atoms with Crippen molar-refractivity contribution in [3.63, 3.8) is 0 Å². The zero-order chi connectivity index (χ0) is 35.8. The number of benzene rings is 9. The summed E-state index contributed by atoms with van der Waals surface area (Å²) in [5.74, 6) is 1.66. The van der Waals surface area contributed by atoms with Gasteiger partial charge in [0, 0.05) is 34.1 Å². The van der Waals surface area contributed by atoms with Crippen molar-refractivity contribution >= 4 is 27.8 Å². The number of anilines is 3. The summed E-state index contributed by atoms with van der Waals surface area (Å²) in [6.45, 7) is 0. The Hall–Kier alpha value is -7.16. The summed E-state index contributed by atoms with van der Waals surface area (Å²) in [6, 6.07) is 75.8. The largest absolute Gasteiger partial charge is 0.456 e. The normalized spacial score (nSPS) is 11.5. The summed E-state index contributed by atoms with van der Waals surface area (Å²) in [5.41, 5.74) is 14.6. The molecule has 254 valence electrons. The monoisotopic (exact) mass is 689 g/mol. The lowest BCUT2D eigenvalue weighted by atomic mass is 9.90. The van der Waals surface area contributed by atoms with Gasteiger partial charge in [0.15, 0.2) is 0 Å². The van der Waals surface area contributed by atoms with Gasteiger partial charge in [0.05, 0.1) is 5.69 Å². The lowest BCUT2D eigenvalue weighted by Gasteiger charge is -2.29. The number of para-hydroxylation sites is 1. The number of nitrogens with zero attached hydrogens (tertiary/aromatic N) is 1. The van der Waals surface area contributed by atoms with Gasteiger partial charge in [0.2, 0.25) is 0 Å². The van der Waals surface area contributed by atoms with Gasteiger partial charge in [-0.15, -0.1) is 0 Å². The van der Waals surface area contributed by atoms with E-state index >= 15 is 0 Å². The van der Waals surface area contributed by atoms with Crippen molar-refractivity contribution < 1.29 is 4.74 Å². The van der Waals surface area contributed by atoms with E-state index in [0.717, 1.165) is 67.5 Å². The number of fused-ring (bicyclic) bond motifs is 6. The molecular formula is C52H35NO. The fourth-order valence-electron chi connectivity index (χ4n) is 7.79. The summed E-state index contributed by atoms with van der Waals surface area (Å²) >= 11 is 0. The van der Waals surface area contributed by atoms with Gasteiger partial charge in [0.25, 0.3) is 0 Å². The molecule has 10 rings (SSSR count). The minimum atomic E-state index is 0.818. The second-order valence-electron chi connectivity index (χ2n) is 13.7. The molecule has 0 fully saturated rings. The van der Waals surface area contributed by atoms with E-state index in [9.17, 15) is 0 Å². The quantitative estimate of drug-likeness (QED) is 0.172. The predicted molar refractivity (Wildman–Crippen MR) is 226 cm³/mol. The Morgan fingerprint density at radius 2 is 0.796 bits per heavy atom. The van der Waals surface area contributed by atoms with E-state index in [0.29, 0.717) is 0 Å². The maximum atomic E-state index is 7.03. The van der Waals surface area contributed by atoms with Gasteiger partial charge >= 0.3 is 0 Å². The highest BCUT2D eigenvalue weighted by Crippen LogP contribution is 2.51. The first-order valence-electron chi connectivity index (χ1n) is 18.4. The van der Waals surface area contributed by atoms with Crippen LogP contribution in [0.25, 0.3) is 66.4 Å². The van der Waals surface area contributed by atoms with Crippen LogP contribution in [0.2, 0.25) is 0 Å². The molecule has 1 heterocycles. The Bertz CT molecular complexity index is 2770. The van der Waals surface area contributed by atoms with Crippen molar-refractivity contribution in [3.8, 4) is 67.1 Å². The highest BCUT2D eigenvalue weighted by molar-refractivity contribution is 6.01. The fourth-order valence-corrected chi connectivity index (χ4v) is 7.79. The van der Waals surface area contributed by atoms with Gasteiger partial charge in [-0.05, 0) is 104 Å². The second-order valence-corrected chi connectivity index (χ2v) is 13.7. The average Bonchev–Trinajstić information content (AvgIpc) is 3.38. The van der Waals surface area contributed by atoms with Gasteiger partial charge < -0.3 is 9.64 Å². The van der Waals surface area contributed by atoms with Gasteiger partial charge in [0.1, 0.15) is 11.5 Å². The van der Waals surface area contributed by atoms with Crippen molar-refractivity contribution in [3.05, 3.63) is 212 Å². The highest BCUT2D eigenvalue weighted by atomic mass is 16.5. The Morgan fingerprint density at radius 3 is 1.48 bits per heavy atom. The molecule has 0 bridgehead atoms. The standard InChI is InChI=1S/C52H35NO/c1-4-14-36(15-5-1)38-24-27-43(28-25-38)53(50-23-13-12-22-45(50)39-18-8-3-9-19-39)44-29-30-46-47-32-40-20-10-11-21-41(40)33-48(47)49-34-42(37-16-6-2-7-17-37)26-31-51(49)54-52(46)35-44/h1-35H. The topological polar surface area (TPSA) is 12.5 Å². The molecule has 1 aliphatic rings. The molecule has 9 aromatic rings. The van der Waals surface area contributed by atoms with Crippen molar-refractivity contribution in [2.24, 2.45) is 0 Å². The van der Waals surface area contributed by atoms with Crippen LogP contribution in [0.4, 0.5) is 17.1 Å². The molecule has 0 saturated carbocycles. The minimum absolute atomic E-state index is 0.818. The van der Waals surface area contributed by atoms with Crippen LogP contribution in [0.5, 0.6) is 11.5 Å². The van der Waals surface area contributed by atoms with Crippen LogP contribution in [0.1, 0.15) is 0 Å². The van der Waals surface area contributed by atoms with Crippen LogP contribution < -0.4 is 9.64 Å². The van der Waals surface area contributed by atoms with Gasteiger partial charge in [-0.2, -0.15) is 0 Å². The van der Waals surface area contributed by atoms with Crippen LogP contribution in [-0.4, -0.2) is 0 Å². The van der Waals surface area contributed by atoms with E-state index in [4.69, 9.17) is 4.74 Å². The van der Waals surface area contributed by atoms with Crippen LogP contribution in [0.3, 0.4) is 0 Å². The van der Waals surface area contributed by atoms with Crippen LogP contribution in [-0.2, 0) is 0 Å². The van der Waals surface area contributed by atoms with E-state index in [-0.39, 0.29) is 0 Å². The molecule has 0 amide bonds. The molecule has 0 saturated heterocycles. The van der Waals surface area contributed by atoms with Crippen molar-refractivity contribution in [2.45, 2.75) is 0 Å². The van der Waals surface area contributed by atoms with E-state index in [2.05, 4.69) is 217 Å². The summed E-state index contributed by atoms with van der Waals surface area (Å²) in [7, 11) is 0. The molecule has 0 spiro atoms. The first-order chi connectivity index (χ1) is 26.8. The third-order valence-electron chi connectivity index (χ3n) is 10.5. The molecule has 54 heavy (non-hydrogen) atoms. The molecular weight excluding hydrogens is 655 g/mol. The molecule has 0 atom stereocenters. The zero-order valence-corrected chi connectivity index (χ0v) is 29.6. The van der Waals surface area contributed by atoms with Gasteiger partial charge in [-0.1, -0.05) is 152 Å². The lowest BCUT2D eigenvalue weighted by molar-refractivity contribution is 0.488.